The van der Waals surface area contributed by atoms with Crippen LogP contribution in [0.3, 0.4) is 0 Å². The fourth-order valence-electron chi connectivity index (χ4n) is 1.05. The molecule has 12 heteroatoms. The summed E-state index contributed by atoms with van der Waals surface area (Å²) < 4.78 is -4.64. The first-order chi connectivity index (χ1) is 8.71. The van der Waals surface area contributed by atoms with E-state index in [1.807, 2.05) is 0 Å². The van der Waals surface area contributed by atoms with Crippen molar-refractivity contribution in [2.75, 3.05) is 0 Å². The summed E-state index contributed by atoms with van der Waals surface area (Å²) in [4.78, 5) is 22.4. The number of carbonyl (C=O) groups is 2. The van der Waals surface area contributed by atoms with E-state index in [1.54, 1.807) is 0 Å². The van der Waals surface area contributed by atoms with Crippen LogP contribution in [0.1, 0.15) is 0 Å². The Balaban J connectivity index is 6.24. The monoisotopic (exact) mass is 444 g/mol. The standard InChI is InChI=1S/C8H4Cl8O4/c9-3(7(11,12)13)1(5(17)18)2(6(19)20)4(10)8(14,15)16/h3-4H,(H,17,18)(H,19,20). The summed E-state index contributed by atoms with van der Waals surface area (Å²) in [5, 5.41) is 14.5. The van der Waals surface area contributed by atoms with Gasteiger partial charge in [0.15, 0.2) is 0 Å². The largest absolute Gasteiger partial charge is 0.478 e. The van der Waals surface area contributed by atoms with E-state index in [0.29, 0.717) is 0 Å². The Hall–Kier alpha value is 1.00. The van der Waals surface area contributed by atoms with E-state index in [4.69, 9.17) is 103 Å². The molecule has 0 saturated heterocycles. The van der Waals surface area contributed by atoms with Gasteiger partial charge in [0.25, 0.3) is 0 Å². The lowest BCUT2D eigenvalue weighted by atomic mass is 10.0. The molecule has 0 aliphatic carbocycles. The average Bonchev–Trinajstić information content (AvgIpc) is 2.19. The highest BCUT2D eigenvalue weighted by molar-refractivity contribution is 6.71. The highest BCUT2D eigenvalue weighted by atomic mass is 35.6. The molecular formula is C8H4Cl8O4. The molecule has 0 bridgehead atoms. The van der Waals surface area contributed by atoms with Gasteiger partial charge in [0, 0.05) is 0 Å². The Morgan fingerprint density at radius 1 is 0.700 bits per heavy atom. The van der Waals surface area contributed by atoms with Crippen LogP contribution in [0, 0.1) is 0 Å². The lowest BCUT2D eigenvalue weighted by Gasteiger charge is -2.25. The van der Waals surface area contributed by atoms with E-state index in [0.717, 1.165) is 0 Å². The molecule has 0 aromatic heterocycles. The van der Waals surface area contributed by atoms with Crippen molar-refractivity contribution in [3.8, 4) is 0 Å². The van der Waals surface area contributed by atoms with Crippen LogP contribution < -0.4 is 0 Å². The first kappa shape index (κ1) is 21.0. The Morgan fingerprint density at radius 2 is 0.900 bits per heavy atom. The number of rotatable bonds is 4. The summed E-state index contributed by atoms with van der Waals surface area (Å²) in [6.45, 7) is 0. The maximum Gasteiger partial charge on any atom is 0.333 e. The Kier molecular flexibility index (Phi) is 7.89. The molecule has 0 rings (SSSR count). The number of halogens is 8. The predicted octanol–water partition coefficient (Wildman–Crippen LogP) is 4.41. The number of aliphatic carboxylic acids is 2. The quantitative estimate of drug-likeness (QED) is 0.494. The van der Waals surface area contributed by atoms with Crippen LogP contribution in [0.2, 0.25) is 0 Å². The summed E-state index contributed by atoms with van der Waals surface area (Å²) in [7, 11) is 0. The number of carboxylic acid groups (broad SMARTS) is 2. The molecule has 0 aromatic rings. The zero-order valence-electron chi connectivity index (χ0n) is 8.89. The average molecular weight is 448 g/mol. The molecule has 2 N–H and O–H groups in total. The summed E-state index contributed by atoms with van der Waals surface area (Å²) in [5.74, 6) is -3.57. The van der Waals surface area contributed by atoms with E-state index < -0.39 is 41.4 Å². The Labute approximate surface area is 153 Å². The van der Waals surface area contributed by atoms with Crippen LogP contribution in [-0.4, -0.2) is 40.5 Å². The van der Waals surface area contributed by atoms with Crippen molar-refractivity contribution in [1.82, 2.24) is 0 Å². The fraction of sp³-hybridized carbons (Fsp3) is 0.500. The molecule has 2 unspecified atom stereocenters. The third kappa shape index (κ3) is 5.65. The van der Waals surface area contributed by atoms with Gasteiger partial charge < -0.3 is 10.2 Å². The molecule has 0 heterocycles. The van der Waals surface area contributed by atoms with Gasteiger partial charge in [-0.3, -0.25) is 0 Å². The molecule has 20 heavy (non-hydrogen) atoms. The summed E-state index contributed by atoms with van der Waals surface area (Å²) in [5.41, 5.74) is -1.99. The first-order valence-electron chi connectivity index (χ1n) is 4.33. The molecule has 0 radical (unpaired) electrons. The van der Waals surface area contributed by atoms with Crippen molar-refractivity contribution in [1.29, 1.82) is 0 Å². The van der Waals surface area contributed by atoms with Crippen LogP contribution >= 0.6 is 92.8 Å². The van der Waals surface area contributed by atoms with Gasteiger partial charge in [-0.05, 0) is 0 Å². The Morgan fingerprint density at radius 3 is 1.00 bits per heavy atom. The van der Waals surface area contributed by atoms with Gasteiger partial charge in [-0.2, -0.15) is 0 Å². The van der Waals surface area contributed by atoms with E-state index in [9.17, 15) is 9.59 Å². The van der Waals surface area contributed by atoms with Crippen molar-refractivity contribution in [3.63, 3.8) is 0 Å². The molecule has 0 amide bonds. The van der Waals surface area contributed by atoms with Gasteiger partial charge in [-0.15, -0.1) is 23.2 Å². The van der Waals surface area contributed by atoms with Crippen LogP contribution in [0.4, 0.5) is 0 Å². The van der Waals surface area contributed by atoms with Crippen molar-refractivity contribution < 1.29 is 19.8 Å². The molecule has 0 aromatic carbocycles. The zero-order chi connectivity index (χ0) is 16.5. The van der Waals surface area contributed by atoms with Gasteiger partial charge in [-0.1, -0.05) is 69.6 Å². The minimum Gasteiger partial charge on any atom is -0.478 e. The molecular weight excluding hydrogens is 444 g/mol. The van der Waals surface area contributed by atoms with E-state index in [-0.39, 0.29) is 0 Å². The fourth-order valence-corrected chi connectivity index (χ4v) is 2.12. The molecule has 0 aliphatic rings. The van der Waals surface area contributed by atoms with Crippen LogP contribution in [-0.2, 0) is 9.59 Å². The first-order valence-corrected chi connectivity index (χ1v) is 7.47. The topological polar surface area (TPSA) is 74.6 Å². The van der Waals surface area contributed by atoms with Gasteiger partial charge in [0.1, 0.15) is 10.8 Å². The van der Waals surface area contributed by atoms with Crippen molar-refractivity contribution in [2.45, 2.75) is 18.3 Å². The van der Waals surface area contributed by atoms with Crippen LogP contribution in [0.5, 0.6) is 0 Å². The van der Waals surface area contributed by atoms with Crippen molar-refractivity contribution in [2.24, 2.45) is 0 Å². The third-order valence-electron chi connectivity index (χ3n) is 1.83. The maximum absolute atomic E-state index is 11.2. The third-order valence-corrected chi connectivity index (χ3v) is 4.90. The van der Waals surface area contributed by atoms with Gasteiger partial charge >= 0.3 is 11.9 Å². The predicted molar refractivity (Wildman–Crippen MR) is 82.2 cm³/mol. The normalized spacial score (nSPS) is 17.2. The van der Waals surface area contributed by atoms with Gasteiger partial charge in [0.05, 0.1) is 11.1 Å². The van der Waals surface area contributed by atoms with E-state index in [1.165, 1.54) is 0 Å². The second-order valence-electron chi connectivity index (χ2n) is 3.25. The summed E-state index contributed by atoms with van der Waals surface area (Å²) >= 11 is 44.1. The highest BCUT2D eigenvalue weighted by Crippen LogP contribution is 2.43. The molecule has 2 atom stereocenters. The lowest BCUT2D eigenvalue weighted by molar-refractivity contribution is -0.136. The summed E-state index contributed by atoms with van der Waals surface area (Å²) in [6.07, 6.45) is 0. The molecule has 0 spiro atoms. The minimum atomic E-state index is -2.32. The highest BCUT2D eigenvalue weighted by Gasteiger charge is 2.45. The zero-order valence-corrected chi connectivity index (χ0v) is 14.9. The maximum atomic E-state index is 11.2. The number of hydrogen-bond donors (Lipinski definition) is 2. The number of carboxylic acids is 2. The Bertz CT molecular complexity index is 395. The second kappa shape index (κ2) is 7.51. The minimum absolute atomic E-state index is 0.995. The molecule has 116 valence electrons. The van der Waals surface area contributed by atoms with E-state index in [2.05, 4.69) is 0 Å². The lowest BCUT2D eigenvalue weighted by Crippen LogP contribution is -2.35. The van der Waals surface area contributed by atoms with E-state index >= 15 is 0 Å². The molecule has 4 nitrogen and oxygen atoms in total. The second-order valence-corrected chi connectivity index (χ2v) is 8.86. The van der Waals surface area contributed by atoms with Crippen LogP contribution in [0.25, 0.3) is 0 Å². The molecule has 0 fully saturated rings. The SMILES string of the molecule is O=C(O)C(=C(C(=O)O)C(Cl)C(Cl)(Cl)Cl)C(Cl)C(Cl)(Cl)Cl. The smallest absolute Gasteiger partial charge is 0.333 e. The van der Waals surface area contributed by atoms with Gasteiger partial charge in [-0.25, -0.2) is 9.59 Å². The van der Waals surface area contributed by atoms with Crippen molar-refractivity contribution >= 4 is 105 Å². The number of hydrogen-bond acceptors (Lipinski definition) is 2. The van der Waals surface area contributed by atoms with Gasteiger partial charge in [0.2, 0.25) is 7.59 Å². The van der Waals surface area contributed by atoms with Crippen LogP contribution in [0.15, 0.2) is 11.1 Å². The van der Waals surface area contributed by atoms with Crippen molar-refractivity contribution in [3.05, 3.63) is 11.1 Å². The summed E-state index contributed by atoms with van der Waals surface area (Å²) in [6, 6.07) is 0. The molecule has 0 aliphatic heterocycles. The molecule has 0 saturated carbocycles. The number of alkyl halides is 8.